The van der Waals surface area contributed by atoms with Crippen LogP contribution in [0.4, 0.5) is 4.79 Å². The number of aliphatic hydroxyl groups excluding tert-OH is 1. The van der Waals surface area contributed by atoms with E-state index < -0.39 is 18.2 Å². The standard InChI is InChI=1S/C20H20BNO4/c21-19-10-22(9-13(11-23)26-19)20(24)25-12-18-16-7-3-1-5-14(16)15-6-2-4-8-17(15)18/h1-8,13,18-19,23H,9-12H2. The molecule has 2 radical (unpaired) electrons. The summed E-state index contributed by atoms with van der Waals surface area (Å²) in [6, 6.07) is 15.8. The number of morpholine rings is 1. The minimum absolute atomic E-state index is 0.0229. The van der Waals surface area contributed by atoms with Crippen molar-refractivity contribution in [2.24, 2.45) is 0 Å². The van der Waals surface area contributed by atoms with E-state index in [-0.39, 0.29) is 32.2 Å². The highest BCUT2D eigenvalue weighted by Gasteiger charge is 2.32. The number of amides is 1. The van der Waals surface area contributed by atoms with Crippen molar-refractivity contribution in [3.8, 4) is 11.1 Å². The lowest BCUT2D eigenvalue weighted by atomic mass is 9.97. The summed E-state index contributed by atoms with van der Waals surface area (Å²) in [7, 11) is 5.79. The van der Waals surface area contributed by atoms with Crippen LogP contribution in [-0.4, -0.2) is 62.4 Å². The van der Waals surface area contributed by atoms with Crippen LogP contribution in [0.25, 0.3) is 11.1 Å². The number of nitrogens with zero attached hydrogens (tertiary/aromatic N) is 1. The first kappa shape index (κ1) is 17.1. The van der Waals surface area contributed by atoms with Gasteiger partial charge >= 0.3 is 6.09 Å². The monoisotopic (exact) mass is 349 g/mol. The lowest BCUT2D eigenvalue weighted by Gasteiger charge is -2.35. The highest BCUT2D eigenvalue weighted by Crippen LogP contribution is 2.44. The molecule has 0 aromatic heterocycles. The van der Waals surface area contributed by atoms with Crippen molar-refractivity contribution >= 4 is 13.9 Å². The normalized spacial score (nSPS) is 22.0. The van der Waals surface area contributed by atoms with Crippen LogP contribution in [0.1, 0.15) is 17.0 Å². The summed E-state index contributed by atoms with van der Waals surface area (Å²) in [5.41, 5.74) is 4.73. The molecule has 1 fully saturated rings. The third kappa shape index (κ3) is 3.11. The van der Waals surface area contributed by atoms with Crippen LogP contribution in [0, 0.1) is 0 Å². The molecule has 6 heteroatoms. The molecule has 2 unspecified atom stereocenters. The minimum atomic E-state index is -0.610. The van der Waals surface area contributed by atoms with Crippen molar-refractivity contribution in [3.63, 3.8) is 0 Å². The Morgan fingerprint density at radius 3 is 2.35 bits per heavy atom. The molecule has 2 aromatic rings. The van der Waals surface area contributed by atoms with Crippen LogP contribution in [0.5, 0.6) is 0 Å². The van der Waals surface area contributed by atoms with Crippen molar-refractivity contribution < 1.29 is 19.4 Å². The Kier molecular flexibility index (Phi) is 4.70. The Labute approximate surface area is 153 Å². The van der Waals surface area contributed by atoms with Crippen LogP contribution in [0.2, 0.25) is 0 Å². The first-order valence-corrected chi connectivity index (χ1v) is 8.79. The molecule has 132 valence electrons. The van der Waals surface area contributed by atoms with Crippen LogP contribution < -0.4 is 0 Å². The number of hydrogen-bond donors (Lipinski definition) is 1. The van der Waals surface area contributed by atoms with Gasteiger partial charge in [0.1, 0.15) is 14.5 Å². The van der Waals surface area contributed by atoms with E-state index in [2.05, 4.69) is 24.3 Å². The maximum absolute atomic E-state index is 12.5. The first-order valence-electron chi connectivity index (χ1n) is 8.79. The average molecular weight is 349 g/mol. The zero-order valence-corrected chi connectivity index (χ0v) is 14.4. The molecule has 2 aliphatic rings. The van der Waals surface area contributed by atoms with E-state index in [0.29, 0.717) is 0 Å². The maximum Gasteiger partial charge on any atom is 0.409 e. The first-order chi connectivity index (χ1) is 12.7. The van der Waals surface area contributed by atoms with E-state index in [1.54, 1.807) is 0 Å². The van der Waals surface area contributed by atoms with E-state index in [1.165, 1.54) is 27.2 Å². The Morgan fingerprint density at radius 2 is 1.73 bits per heavy atom. The fourth-order valence-corrected chi connectivity index (χ4v) is 3.81. The summed E-state index contributed by atoms with van der Waals surface area (Å²) in [4.78, 5) is 14.0. The van der Waals surface area contributed by atoms with Gasteiger partial charge in [0.15, 0.2) is 0 Å². The molecular weight excluding hydrogens is 329 g/mol. The molecule has 2 aromatic carbocycles. The van der Waals surface area contributed by atoms with Crippen molar-refractivity contribution in [1.29, 1.82) is 0 Å². The summed E-state index contributed by atoms with van der Waals surface area (Å²) < 4.78 is 11.0. The van der Waals surface area contributed by atoms with Gasteiger partial charge in [-0.05, 0) is 22.3 Å². The molecule has 4 rings (SSSR count). The van der Waals surface area contributed by atoms with Gasteiger partial charge in [-0.2, -0.15) is 0 Å². The topological polar surface area (TPSA) is 59.0 Å². The Bertz CT molecular complexity index is 766. The number of benzene rings is 2. The van der Waals surface area contributed by atoms with Gasteiger partial charge in [0.25, 0.3) is 0 Å². The van der Waals surface area contributed by atoms with Crippen molar-refractivity contribution in [1.82, 2.24) is 4.90 Å². The maximum atomic E-state index is 12.5. The number of rotatable bonds is 3. The van der Waals surface area contributed by atoms with Crippen molar-refractivity contribution in [3.05, 3.63) is 59.7 Å². The fourth-order valence-electron chi connectivity index (χ4n) is 3.81. The Balaban J connectivity index is 1.49. The van der Waals surface area contributed by atoms with E-state index in [0.717, 1.165) is 0 Å². The van der Waals surface area contributed by atoms with Gasteiger partial charge in [0.2, 0.25) is 0 Å². The lowest BCUT2D eigenvalue weighted by Crippen LogP contribution is -2.51. The Morgan fingerprint density at radius 1 is 1.12 bits per heavy atom. The summed E-state index contributed by atoms with van der Waals surface area (Å²) in [5, 5.41) is 9.27. The quantitative estimate of drug-likeness (QED) is 0.863. The zero-order valence-electron chi connectivity index (χ0n) is 14.4. The summed E-state index contributed by atoms with van der Waals surface area (Å²) >= 11 is 0. The summed E-state index contributed by atoms with van der Waals surface area (Å²) in [6.45, 7) is 0.623. The fraction of sp³-hybridized carbons (Fsp3) is 0.350. The average Bonchev–Trinajstić information content (AvgIpc) is 2.99. The largest absolute Gasteiger partial charge is 0.448 e. The van der Waals surface area contributed by atoms with E-state index in [9.17, 15) is 9.90 Å². The van der Waals surface area contributed by atoms with Gasteiger partial charge in [-0.15, -0.1) is 0 Å². The van der Waals surface area contributed by atoms with Crippen molar-refractivity contribution in [2.75, 3.05) is 26.3 Å². The van der Waals surface area contributed by atoms with Crippen molar-refractivity contribution in [2.45, 2.75) is 18.0 Å². The van der Waals surface area contributed by atoms with E-state index >= 15 is 0 Å². The molecule has 1 aliphatic carbocycles. The van der Waals surface area contributed by atoms with Gasteiger partial charge in [0.05, 0.1) is 19.3 Å². The highest BCUT2D eigenvalue weighted by molar-refractivity contribution is 6.11. The molecule has 0 spiro atoms. The molecule has 0 saturated carbocycles. The molecule has 2 atom stereocenters. The minimum Gasteiger partial charge on any atom is -0.448 e. The second kappa shape index (κ2) is 7.13. The number of aliphatic hydroxyl groups is 1. The number of ether oxygens (including phenoxy) is 2. The van der Waals surface area contributed by atoms with E-state index in [1.807, 2.05) is 24.3 Å². The number of fused-ring (bicyclic) bond motifs is 3. The third-order valence-electron chi connectivity index (χ3n) is 4.99. The summed E-state index contributed by atoms with van der Waals surface area (Å²) in [5.74, 6) is 0.0229. The predicted octanol–water partition coefficient (Wildman–Crippen LogP) is 2.12. The molecule has 1 amide bonds. The van der Waals surface area contributed by atoms with Crippen LogP contribution >= 0.6 is 0 Å². The molecule has 1 N–H and O–H groups in total. The van der Waals surface area contributed by atoms with Crippen LogP contribution in [0.15, 0.2) is 48.5 Å². The molecular formula is C20H20BNO4. The number of carbonyl (C=O) groups is 1. The van der Waals surface area contributed by atoms with Crippen LogP contribution in [0.3, 0.4) is 0 Å². The zero-order chi connectivity index (χ0) is 18.1. The molecule has 1 heterocycles. The van der Waals surface area contributed by atoms with Gasteiger partial charge in [-0.1, -0.05) is 48.5 Å². The molecule has 0 bridgehead atoms. The second-order valence-corrected chi connectivity index (χ2v) is 6.69. The SMILES string of the molecule is [B]C1CN(C(=O)OCC2c3ccccc3-c3ccccc32)CC(CO)O1. The van der Waals surface area contributed by atoms with Gasteiger partial charge in [-0.3, -0.25) is 0 Å². The molecule has 26 heavy (non-hydrogen) atoms. The van der Waals surface area contributed by atoms with Gasteiger partial charge < -0.3 is 19.5 Å². The molecule has 5 nitrogen and oxygen atoms in total. The second-order valence-electron chi connectivity index (χ2n) is 6.69. The smallest absolute Gasteiger partial charge is 0.409 e. The van der Waals surface area contributed by atoms with E-state index in [4.69, 9.17) is 17.3 Å². The number of hydrogen-bond acceptors (Lipinski definition) is 4. The number of carbonyl (C=O) groups excluding carboxylic acids is 1. The summed E-state index contributed by atoms with van der Waals surface area (Å²) in [6.07, 6.45) is -0.900. The van der Waals surface area contributed by atoms with Gasteiger partial charge in [0, 0.05) is 18.5 Å². The molecule has 1 aliphatic heterocycles. The predicted molar refractivity (Wildman–Crippen MR) is 98.1 cm³/mol. The Hall–Kier alpha value is -2.31. The van der Waals surface area contributed by atoms with Gasteiger partial charge in [-0.25, -0.2) is 4.79 Å². The van der Waals surface area contributed by atoms with Crippen LogP contribution in [-0.2, 0) is 9.47 Å². The highest BCUT2D eigenvalue weighted by atomic mass is 16.6. The lowest BCUT2D eigenvalue weighted by molar-refractivity contribution is -0.0671. The molecule has 1 saturated heterocycles. The third-order valence-corrected chi connectivity index (χ3v) is 4.99.